The molecule has 0 saturated heterocycles. The van der Waals surface area contributed by atoms with Gasteiger partial charge in [0.2, 0.25) is 0 Å². The second-order valence-electron chi connectivity index (χ2n) is 5.32. The molecule has 2 nitrogen and oxygen atoms in total. The van der Waals surface area contributed by atoms with Crippen molar-refractivity contribution in [2.24, 2.45) is 17.8 Å². The van der Waals surface area contributed by atoms with E-state index in [1.807, 2.05) is 0 Å². The molecule has 0 bridgehead atoms. The number of hydrogen-bond donors (Lipinski definition) is 1. The Labute approximate surface area is 88.4 Å². The van der Waals surface area contributed by atoms with Gasteiger partial charge in [-0.25, -0.2) is 0 Å². The molecule has 2 heteroatoms. The lowest BCUT2D eigenvalue weighted by Gasteiger charge is -2.33. The van der Waals surface area contributed by atoms with Crippen LogP contribution in [0.2, 0.25) is 0 Å². The molecule has 0 aliphatic heterocycles. The van der Waals surface area contributed by atoms with Gasteiger partial charge in [-0.1, -0.05) is 34.1 Å². The summed E-state index contributed by atoms with van der Waals surface area (Å²) in [5.41, 5.74) is 3.23. The molecule has 1 N–H and O–H groups in total. The van der Waals surface area contributed by atoms with E-state index in [1.165, 1.54) is 19.3 Å². The van der Waals surface area contributed by atoms with E-state index in [1.54, 1.807) is 0 Å². The molecule has 0 aromatic rings. The Morgan fingerprint density at radius 2 is 2.00 bits per heavy atom. The zero-order valence-electron chi connectivity index (χ0n) is 10.0. The van der Waals surface area contributed by atoms with Gasteiger partial charge < -0.3 is 4.84 Å². The molecular formula is C12H25NO. The predicted octanol–water partition coefficient (Wildman–Crippen LogP) is 2.99. The highest BCUT2D eigenvalue weighted by Gasteiger charge is 2.25. The number of hydroxylamine groups is 1. The Morgan fingerprint density at radius 1 is 1.29 bits per heavy atom. The molecule has 1 rings (SSSR count). The maximum Gasteiger partial charge on any atom is 0.0705 e. The molecule has 3 unspecified atom stereocenters. The maximum atomic E-state index is 5.50. The third-order valence-electron chi connectivity index (χ3n) is 3.11. The number of hydrogen-bond acceptors (Lipinski definition) is 2. The fraction of sp³-hybridized carbons (Fsp3) is 1.00. The summed E-state index contributed by atoms with van der Waals surface area (Å²) in [6.45, 7) is 9.83. The number of rotatable bonds is 4. The summed E-state index contributed by atoms with van der Waals surface area (Å²) in [5, 5.41) is 0. The van der Waals surface area contributed by atoms with Crippen LogP contribution in [0.15, 0.2) is 0 Å². The molecule has 0 aromatic carbocycles. The molecule has 84 valence electrons. The standard InChI is InChI=1S/C12H25NO/c1-9(2)8-14-13-12-7-10(3)5-6-11(12)4/h9-13H,5-8H2,1-4H3. The lowest BCUT2D eigenvalue weighted by molar-refractivity contribution is -0.0243. The first kappa shape index (κ1) is 12.0. The minimum absolute atomic E-state index is 0.567. The van der Waals surface area contributed by atoms with Crippen LogP contribution in [0.25, 0.3) is 0 Å². The Balaban J connectivity index is 2.20. The fourth-order valence-electron chi connectivity index (χ4n) is 2.02. The van der Waals surface area contributed by atoms with Crippen molar-refractivity contribution in [1.29, 1.82) is 0 Å². The van der Waals surface area contributed by atoms with Crippen LogP contribution in [0.3, 0.4) is 0 Å². The summed E-state index contributed by atoms with van der Waals surface area (Å²) >= 11 is 0. The van der Waals surface area contributed by atoms with Gasteiger partial charge in [-0.05, 0) is 30.6 Å². The van der Waals surface area contributed by atoms with Gasteiger partial charge in [-0.3, -0.25) is 0 Å². The molecule has 0 heterocycles. The van der Waals surface area contributed by atoms with E-state index in [-0.39, 0.29) is 0 Å². The van der Waals surface area contributed by atoms with Gasteiger partial charge in [0.25, 0.3) is 0 Å². The molecule has 0 spiro atoms. The van der Waals surface area contributed by atoms with E-state index in [0.717, 1.165) is 18.4 Å². The molecule has 3 atom stereocenters. The summed E-state index contributed by atoms with van der Waals surface area (Å²) in [4.78, 5) is 5.50. The Bertz CT molecular complexity index is 158. The van der Waals surface area contributed by atoms with Gasteiger partial charge in [0.05, 0.1) is 6.61 Å². The van der Waals surface area contributed by atoms with Gasteiger partial charge in [0, 0.05) is 6.04 Å². The summed E-state index contributed by atoms with van der Waals surface area (Å²) in [5.74, 6) is 2.23. The molecule has 1 fully saturated rings. The summed E-state index contributed by atoms with van der Waals surface area (Å²) in [6.07, 6.45) is 3.98. The normalized spacial score (nSPS) is 33.6. The quantitative estimate of drug-likeness (QED) is 0.703. The molecule has 0 amide bonds. The zero-order chi connectivity index (χ0) is 10.6. The second-order valence-corrected chi connectivity index (χ2v) is 5.32. The largest absolute Gasteiger partial charge is 0.301 e. The Hall–Kier alpha value is -0.0800. The topological polar surface area (TPSA) is 21.3 Å². The SMILES string of the molecule is CC(C)CONC1CC(C)CCC1C. The molecule has 1 aliphatic carbocycles. The highest BCUT2D eigenvalue weighted by molar-refractivity contribution is 4.78. The first-order valence-corrected chi connectivity index (χ1v) is 5.97. The van der Waals surface area contributed by atoms with Crippen molar-refractivity contribution in [3.05, 3.63) is 0 Å². The van der Waals surface area contributed by atoms with Crippen LogP contribution in [0.5, 0.6) is 0 Å². The van der Waals surface area contributed by atoms with Crippen LogP contribution >= 0.6 is 0 Å². The lowest BCUT2D eigenvalue weighted by atomic mass is 9.80. The van der Waals surface area contributed by atoms with Gasteiger partial charge in [-0.15, -0.1) is 0 Å². The molecule has 14 heavy (non-hydrogen) atoms. The highest BCUT2D eigenvalue weighted by atomic mass is 16.6. The van der Waals surface area contributed by atoms with Gasteiger partial charge in [0.1, 0.15) is 0 Å². The van der Waals surface area contributed by atoms with Crippen LogP contribution < -0.4 is 5.48 Å². The molecule has 1 saturated carbocycles. The first-order valence-electron chi connectivity index (χ1n) is 5.97. The highest BCUT2D eigenvalue weighted by Crippen LogP contribution is 2.28. The van der Waals surface area contributed by atoms with E-state index in [0.29, 0.717) is 12.0 Å². The van der Waals surface area contributed by atoms with Gasteiger partial charge >= 0.3 is 0 Å². The second kappa shape index (κ2) is 5.72. The van der Waals surface area contributed by atoms with E-state index >= 15 is 0 Å². The maximum absolute atomic E-state index is 5.50. The van der Waals surface area contributed by atoms with Crippen LogP contribution in [0.1, 0.15) is 47.0 Å². The van der Waals surface area contributed by atoms with Gasteiger partial charge in [-0.2, -0.15) is 5.48 Å². The molecule has 1 aliphatic rings. The Morgan fingerprint density at radius 3 is 2.64 bits per heavy atom. The van der Waals surface area contributed by atoms with E-state index < -0.39 is 0 Å². The van der Waals surface area contributed by atoms with Crippen molar-refractivity contribution < 1.29 is 4.84 Å². The summed E-state index contributed by atoms with van der Waals surface area (Å²) < 4.78 is 0. The van der Waals surface area contributed by atoms with Crippen LogP contribution in [0.4, 0.5) is 0 Å². The summed E-state index contributed by atoms with van der Waals surface area (Å²) in [6, 6.07) is 0.567. The Kier molecular flexibility index (Phi) is 4.90. The number of nitrogens with one attached hydrogen (secondary N) is 1. The van der Waals surface area contributed by atoms with E-state index in [9.17, 15) is 0 Å². The predicted molar refractivity (Wildman–Crippen MR) is 59.9 cm³/mol. The minimum atomic E-state index is 0.567. The fourth-order valence-corrected chi connectivity index (χ4v) is 2.02. The lowest BCUT2D eigenvalue weighted by Crippen LogP contribution is -2.40. The van der Waals surface area contributed by atoms with Crippen molar-refractivity contribution in [3.8, 4) is 0 Å². The molecule has 0 aromatic heterocycles. The average molecular weight is 199 g/mol. The van der Waals surface area contributed by atoms with Crippen molar-refractivity contribution >= 4 is 0 Å². The minimum Gasteiger partial charge on any atom is -0.301 e. The smallest absolute Gasteiger partial charge is 0.0705 e. The first-order chi connectivity index (χ1) is 6.59. The third-order valence-corrected chi connectivity index (χ3v) is 3.11. The van der Waals surface area contributed by atoms with Crippen molar-refractivity contribution in [2.75, 3.05) is 6.61 Å². The molecular weight excluding hydrogens is 174 g/mol. The summed E-state index contributed by atoms with van der Waals surface area (Å²) in [7, 11) is 0. The van der Waals surface area contributed by atoms with Crippen LogP contribution in [-0.2, 0) is 4.84 Å². The zero-order valence-corrected chi connectivity index (χ0v) is 10.0. The monoisotopic (exact) mass is 199 g/mol. The van der Waals surface area contributed by atoms with Crippen LogP contribution in [-0.4, -0.2) is 12.6 Å². The third kappa shape index (κ3) is 3.97. The van der Waals surface area contributed by atoms with E-state index in [4.69, 9.17) is 4.84 Å². The van der Waals surface area contributed by atoms with E-state index in [2.05, 4.69) is 33.2 Å². The van der Waals surface area contributed by atoms with Crippen molar-refractivity contribution in [1.82, 2.24) is 5.48 Å². The van der Waals surface area contributed by atoms with Gasteiger partial charge in [0.15, 0.2) is 0 Å². The van der Waals surface area contributed by atoms with Crippen molar-refractivity contribution in [2.45, 2.75) is 53.0 Å². The molecule has 0 radical (unpaired) electrons. The van der Waals surface area contributed by atoms with Crippen LogP contribution in [0, 0.1) is 17.8 Å². The average Bonchev–Trinajstić information content (AvgIpc) is 2.10. The van der Waals surface area contributed by atoms with Crippen molar-refractivity contribution in [3.63, 3.8) is 0 Å².